The van der Waals surface area contributed by atoms with Crippen LogP contribution in [0, 0.1) is 6.92 Å². The zero-order chi connectivity index (χ0) is 36.3. The first-order chi connectivity index (χ1) is 24.4. The maximum atomic E-state index is 14.7. The van der Waals surface area contributed by atoms with E-state index in [1.165, 1.54) is 17.0 Å². The van der Waals surface area contributed by atoms with Gasteiger partial charge in [0.2, 0.25) is 27.6 Å². The maximum Gasteiger partial charge on any atom is 0.289 e. The zero-order valence-corrected chi connectivity index (χ0v) is 29.8. The van der Waals surface area contributed by atoms with E-state index in [2.05, 4.69) is 20.8 Å². The quantitative estimate of drug-likeness (QED) is 0.193. The Balaban J connectivity index is 1.34. The number of hydrogen-bond donors (Lipinski definition) is 4. The van der Waals surface area contributed by atoms with E-state index in [9.17, 15) is 27.6 Å². The van der Waals surface area contributed by atoms with Crippen molar-refractivity contribution in [3.63, 3.8) is 0 Å². The fraction of sp³-hybridized carbons (Fsp3) is 0.351. The Hall–Kier alpha value is -4.56. The molecule has 12 nitrogen and oxygen atoms in total. The highest BCUT2D eigenvalue weighted by Gasteiger charge is 2.53. The number of amides is 3. The molecule has 1 saturated heterocycles. The zero-order valence-electron chi connectivity index (χ0n) is 28.2. The second-order valence-corrected chi connectivity index (χ2v) is 15.4. The van der Waals surface area contributed by atoms with Crippen molar-refractivity contribution in [2.24, 2.45) is 0 Å². The van der Waals surface area contributed by atoms with Crippen molar-refractivity contribution in [1.82, 2.24) is 25.7 Å². The first-order valence-electron chi connectivity index (χ1n) is 16.9. The van der Waals surface area contributed by atoms with E-state index in [0.29, 0.717) is 28.3 Å². The van der Waals surface area contributed by atoms with Crippen LogP contribution in [0.5, 0.6) is 0 Å². The van der Waals surface area contributed by atoms with Crippen molar-refractivity contribution in [2.75, 3.05) is 6.54 Å². The minimum Gasteiger partial charge on any atom is -0.347 e. The first kappa shape index (κ1) is 36.2. The van der Waals surface area contributed by atoms with E-state index in [4.69, 9.17) is 16.4 Å². The van der Waals surface area contributed by atoms with Crippen LogP contribution >= 0.6 is 11.6 Å². The van der Waals surface area contributed by atoms with Crippen molar-refractivity contribution in [2.45, 2.75) is 80.6 Å². The summed E-state index contributed by atoms with van der Waals surface area (Å²) in [5, 5.41) is 5.92. The number of carbonyl (C=O) groups excluding carboxylic acids is 4. The predicted octanol–water partition coefficient (Wildman–Crippen LogP) is 3.72. The lowest BCUT2D eigenvalue weighted by molar-refractivity contribution is -0.143. The van der Waals surface area contributed by atoms with Crippen LogP contribution in [0.3, 0.4) is 0 Å². The Labute approximate surface area is 302 Å². The third-order valence-electron chi connectivity index (χ3n) is 9.18. The Bertz CT molecular complexity index is 1950. The summed E-state index contributed by atoms with van der Waals surface area (Å²) in [5.41, 5.74) is 4.21. The summed E-state index contributed by atoms with van der Waals surface area (Å²) in [5.74, 6) is -2.91. The molecule has 2 aliphatic heterocycles. The van der Waals surface area contributed by atoms with Crippen LogP contribution in [0.4, 0.5) is 0 Å². The number of carbonyl (C=O) groups is 4. The molecule has 3 aromatic rings. The molecule has 3 amide bonds. The standard InChI is InChI=1S/C37H40ClN5O7S/c1-3-8-29(33(44)35(46)39-27-15-16-27)40-34(45)31-21-37(20-30(41-50-37)25-11-7-12-26(38)19-25)22-43(31)36(47)32(24-9-5-4-6-10-24)42-51(48,49)28-17-13-23(2)14-18-28/h4-7,9-14,17-20,27,29,31-32,41-42H,3,8,15-16,21-22H2,1-2H3,(H,39,46)(H,40,45)/t29-,31-,32+,37+/m0/s1. The van der Waals surface area contributed by atoms with Crippen LogP contribution in [-0.4, -0.2) is 67.1 Å². The van der Waals surface area contributed by atoms with E-state index in [-0.39, 0.29) is 30.3 Å². The van der Waals surface area contributed by atoms with Gasteiger partial charge in [-0.1, -0.05) is 85.1 Å². The van der Waals surface area contributed by atoms with Crippen molar-refractivity contribution in [3.05, 3.63) is 107 Å². The molecule has 6 rings (SSSR count). The van der Waals surface area contributed by atoms with Crippen LogP contribution in [0.15, 0.2) is 89.8 Å². The monoisotopic (exact) mass is 733 g/mol. The summed E-state index contributed by atoms with van der Waals surface area (Å²) in [6.07, 6.45) is 4.03. The number of sulfonamides is 1. The summed E-state index contributed by atoms with van der Waals surface area (Å²) in [6.45, 7) is 3.53. The third kappa shape index (κ3) is 8.33. The number of aryl methyl sites for hydroxylation is 1. The number of nitrogens with zero attached hydrogens (tertiary/aromatic N) is 1. The highest BCUT2D eigenvalue weighted by molar-refractivity contribution is 7.89. The molecule has 0 unspecified atom stereocenters. The number of Topliss-reactive ketones (excluding diaryl/α,β-unsaturated/α-hetero) is 1. The summed E-state index contributed by atoms with van der Waals surface area (Å²) in [4.78, 5) is 62.2. The van der Waals surface area contributed by atoms with Crippen LogP contribution in [0.1, 0.15) is 61.8 Å². The largest absolute Gasteiger partial charge is 0.347 e. The maximum absolute atomic E-state index is 14.7. The minimum absolute atomic E-state index is 0.0307. The van der Waals surface area contributed by atoms with Gasteiger partial charge in [0.15, 0.2) is 0 Å². The van der Waals surface area contributed by atoms with Crippen molar-refractivity contribution in [1.29, 1.82) is 0 Å². The molecule has 0 radical (unpaired) electrons. The van der Waals surface area contributed by atoms with E-state index >= 15 is 0 Å². The van der Waals surface area contributed by atoms with Crippen LogP contribution in [0.25, 0.3) is 5.70 Å². The molecule has 14 heteroatoms. The molecule has 3 aromatic carbocycles. The number of halogens is 1. The van der Waals surface area contributed by atoms with Crippen LogP contribution < -0.4 is 20.8 Å². The Morgan fingerprint density at radius 1 is 1.02 bits per heavy atom. The average Bonchev–Trinajstić information content (AvgIpc) is 3.71. The predicted molar refractivity (Wildman–Crippen MR) is 190 cm³/mol. The molecule has 0 bridgehead atoms. The molecular weight excluding hydrogens is 694 g/mol. The molecule has 1 saturated carbocycles. The Kier molecular flexibility index (Phi) is 10.6. The fourth-order valence-electron chi connectivity index (χ4n) is 6.30. The number of hydroxylamine groups is 1. The lowest BCUT2D eigenvalue weighted by atomic mass is 9.97. The van der Waals surface area contributed by atoms with Crippen LogP contribution in [0.2, 0.25) is 5.02 Å². The Morgan fingerprint density at radius 2 is 1.75 bits per heavy atom. The summed E-state index contributed by atoms with van der Waals surface area (Å²) in [6, 6.07) is 17.9. The highest BCUT2D eigenvalue weighted by Crippen LogP contribution is 2.39. The molecule has 3 aliphatic rings. The van der Waals surface area contributed by atoms with Gasteiger partial charge in [0, 0.05) is 23.0 Å². The molecule has 268 valence electrons. The topological polar surface area (TPSA) is 163 Å². The second kappa shape index (κ2) is 15.0. The number of hydrogen-bond acceptors (Lipinski definition) is 8. The summed E-state index contributed by atoms with van der Waals surface area (Å²) >= 11 is 6.24. The SMILES string of the molecule is CCC[C@H](NC(=O)[C@@H]1C[C@]2(C=C(c3cccc(Cl)c3)NO2)CN1C(=O)[C@H](NS(=O)(=O)c1ccc(C)cc1)c1ccccc1)C(=O)C(=O)NC1CC1. The molecule has 2 fully saturated rings. The van der Waals surface area contributed by atoms with Crippen LogP contribution in [-0.2, 0) is 34.0 Å². The number of likely N-dealkylation sites (tertiary alicyclic amines) is 1. The number of benzene rings is 3. The molecular formula is C37H40ClN5O7S. The molecule has 4 N–H and O–H groups in total. The van der Waals surface area contributed by atoms with Gasteiger partial charge in [-0.3, -0.25) is 29.5 Å². The van der Waals surface area contributed by atoms with E-state index in [1.807, 2.05) is 19.9 Å². The third-order valence-corrected chi connectivity index (χ3v) is 10.9. The average molecular weight is 734 g/mol. The van der Waals surface area contributed by atoms with Gasteiger partial charge in [0.1, 0.15) is 17.7 Å². The molecule has 1 spiro atoms. The smallest absolute Gasteiger partial charge is 0.289 e. The Morgan fingerprint density at radius 3 is 2.41 bits per heavy atom. The summed E-state index contributed by atoms with van der Waals surface area (Å²) < 4.78 is 29.9. The first-order valence-corrected chi connectivity index (χ1v) is 18.8. The number of ketones is 1. The lowest BCUT2D eigenvalue weighted by Crippen LogP contribution is -2.54. The molecule has 1 aliphatic carbocycles. The van der Waals surface area contributed by atoms with E-state index in [0.717, 1.165) is 18.4 Å². The fourth-order valence-corrected chi connectivity index (χ4v) is 7.67. The number of rotatable bonds is 13. The van der Waals surface area contributed by atoms with Crippen molar-refractivity contribution < 1.29 is 32.4 Å². The van der Waals surface area contributed by atoms with Gasteiger partial charge >= 0.3 is 0 Å². The molecule has 0 aromatic heterocycles. The van der Waals surface area contributed by atoms with Crippen molar-refractivity contribution >= 4 is 50.8 Å². The normalized spacial score (nSPS) is 21.0. The van der Waals surface area contributed by atoms with Gasteiger partial charge in [0.05, 0.1) is 23.2 Å². The van der Waals surface area contributed by atoms with E-state index in [1.54, 1.807) is 66.7 Å². The molecule has 2 heterocycles. The van der Waals surface area contributed by atoms with Gasteiger partial charge in [-0.25, -0.2) is 8.42 Å². The molecule has 4 atom stereocenters. The summed E-state index contributed by atoms with van der Waals surface area (Å²) in [7, 11) is -4.22. The van der Waals surface area contributed by atoms with Gasteiger partial charge in [-0.15, -0.1) is 0 Å². The van der Waals surface area contributed by atoms with Gasteiger partial charge in [0.25, 0.3) is 5.91 Å². The second-order valence-electron chi connectivity index (χ2n) is 13.3. The lowest BCUT2D eigenvalue weighted by Gasteiger charge is -2.30. The number of nitrogens with one attached hydrogen (secondary N) is 4. The van der Waals surface area contributed by atoms with Gasteiger partial charge in [-0.05, 0) is 62.1 Å². The van der Waals surface area contributed by atoms with E-state index < -0.39 is 57.3 Å². The highest BCUT2D eigenvalue weighted by atomic mass is 35.5. The van der Waals surface area contributed by atoms with Crippen molar-refractivity contribution in [3.8, 4) is 0 Å². The van der Waals surface area contributed by atoms with Gasteiger partial charge < -0.3 is 15.5 Å². The minimum atomic E-state index is -4.22. The molecule has 51 heavy (non-hydrogen) atoms. The van der Waals surface area contributed by atoms with Gasteiger partial charge in [-0.2, -0.15) is 4.72 Å².